The zero-order valence-corrected chi connectivity index (χ0v) is 21.1. The Morgan fingerprint density at radius 2 is 1.74 bits per heavy atom. The van der Waals surface area contributed by atoms with E-state index in [0.29, 0.717) is 39.0 Å². The lowest BCUT2D eigenvalue weighted by atomic mass is 10.1. The number of nitrogens with one attached hydrogen (secondary N) is 3. The molecule has 2 heterocycles. The Bertz CT molecular complexity index is 1700. The summed E-state index contributed by atoms with van der Waals surface area (Å²) >= 11 is 0. The van der Waals surface area contributed by atoms with Crippen molar-refractivity contribution in [2.24, 2.45) is 0 Å². The third kappa shape index (κ3) is 5.08. The minimum absolute atomic E-state index is 0.0750. The van der Waals surface area contributed by atoms with E-state index < -0.39 is 17.8 Å². The maximum atomic E-state index is 13.2. The van der Waals surface area contributed by atoms with Crippen LogP contribution in [-0.2, 0) is 4.74 Å². The Labute approximate surface area is 222 Å². The van der Waals surface area contributed by atoms with Gasteiger partial charge in [0.1, 0.15) is 22.7 Å². The molecule has 0 fully saturated rings. The Morgan fingerprint density at radius 1 is 0.974 bits per heavy atom. The van der Waals surface area contributed by atoms with Gasteiger partial charge in [0.05, 0.1) is 17.9 Å². The van der Waals surface area contributed by atoms with E-state index in [1.54, 1.807) is 68.4 Å². The van der Waals surface area contributed by atoms with Crippen molar-refractivity contribution in [1.29, 1.82) is 0 Å². The number of para-hydroxylation sites is 2. The second kappa shape index (κ2) is 10.5. The van der Waals surface area contributed by atoms with Gasteiger partial charge < -0.3 is 24.9 Å². The van der Waals surface area contributed by atoms with Crippen molar-refractivity contribution < 1.29 is 28.6 Å². The fourth-order valence-corrected chi connectivity index (χ4v) is 4.04. The number of fused-ring (bicyclic) bond motifs is 1. The lowest BCUT2D eigenvalue weighted by Crippen LogP contribution is -2.17. The molecule has 5 rings (SSSR count). The van der Waals surface area contributed by atoms with Crippen LogP contribution >= 0.6 is 0 Å². The fourth-order valence-electron chi connectivity index (χ4n) is 4.04. The van der Waals surface area contributed by atoms with E-state index in [-0.39, 0.29) is 29.5 Å². The number of carbonyl (C=O) groups is 3. The molecular weight excluding hydrogens is 500 g/mol. The highest BCUT2D eigenvalue weighted by molar-refractivity contribution is 6.16. The standard InChI is InChI=1S/C29H24N4O6/c1-3-38-29(37)17-11-13-18(14-12-17)30-28(36)26-24(20-8-4-5-10-23(20)39-26)31-27(35)22-15-21(32-33-22)19-9-6-7-16(2)25(19)34/h4-15,34H,3H2,1-2H3,(H,30,36)(H,31,35)(H,32,33). The van der Waals surface area contributed by atoms with Crippen LogP contribution in [0, 0.1) is 6.92 Å². The third-order valence-electron chi connectivity index (χ3n) is 6.03. The molecule has 4 N–H and O–H groups in total. The molecule has 5 aromatic rings. The number of aromatic amines is 1. The number of amides is 2. The minimum Gasteiger partial charge on any atom is -0.507 e. The number of ether oxygens (including phenoxy) is 1. The molecule has 0 aliphatic carbocycles. The average Bonchev–Trinajstić information content (AvgIpc) is 3.57. The van der Waals surface area contributed by atoms with E-state index >= 15 is 0 Å². The average molecular weight is 525 g/mol. The van der Waals surface area contributed by atoms with E-state index in [1.165, 1.54) is 18.2 Å². The van der Waals surface area contributed by atoms with Crippen LogP contribution in [0.2, 0.25) is 0 Å². The summed E-state index contributed by atoms with van der Waals surface area (Å²) in [6.45, 7) is 3.74. The number of H-pyrrole nitrogens is 1. The number of aromatic nitrogens is 2. The van der Waals surface area contributed by atoms with Gasteiger partial charge >= 0.3 is 5.97 Å². The Kier molecular flexibility index (Phi) is 6.83. The second-order valence-corrected chi connectivity index (χ2v) is 8.65. The van der Waals surface area contributed by atoms with E-state index in [1.807, 2.05) is 0 Å². The van der Waals surface area contributed by atoms with Gasteiger partial charge in [0.15, 0.2) is 0 Å². The summed E-state index contributed by atoms with van der Waals surface area (Å²) in [6, 6.07) is 19.9. The molecule has 0 unspecified atom stereocenters. The first-order valence-electron chi connectivity index (χ1n) is 12.1. The van der Waals surface area contributed by atoms with Crippen molar-refractivity contribution in [2.75, 3.05) is 17.2 Å². The van der Waals surface area contributed by atoms with Gasteiger partial charge in [0.25, 0.3) is 11.8 Å². The fraction of sp³-hybridized carbons (Fsp3) is 0.103. The van der Waals surface area contributed by atoms with Gasteiger partial charge in [-0.3, -0.25) is 14.7 Å². The number of benzene rings is 3. The number of anilines is 2. The Hall–Kier alpha value is -5.38. The summed E-state index contributed by atoms with van der Waals surface area (Å²) in [5.41, 5.74) is 3.04. The normalized spacial score (nSPS) is 10.8. The molecule has 39 heavy (non-hydrogen) atoms. The number of phenols is 1. The predicted octanol–water partition coefficient (Wildman–Crippen LogP) is 5.52. The van der Waals surface area contributed by atoms with Gasteiger partial charge in [-0.2, -0.15) is 5.10 Å². The van der Waals surface area contributed by atoms with Crippen LogP contribution in [0.3, 0.4) is 0 Å². The molecule has 0 saturated carbocycles. The van der Waals surface area contributed by atoms with Crippen LogP contribution in [0.15, 0.2) is 77.2 Å². The van der Waals surface area contributed by atoms with Gasteiger partial charge in [0, 0.05) is 16.6 Å². The lowest BCUT2D eigenvalue weighted by Gasteiger charge is -2.07. The molecule has 0 radical (unpaired) electrons. The van der Waals surface area contributed by atoms with Crippen molar-refractivity contribution in [3.63, 3.8) is 0 Å². The SMILES string of the molecule is CCOC(=O)c1ccc(NC(=O)c2oc3ccccc3c2NC(=O)c2cc(-c3cccc(C)c3O)n[nH]2)cc1. The highest BCUT2D eigenvalue weighted by Gasteiger charge is 2.24. The van der Waals surface area contributed by atoms with Gasteiger partial charge in [-0.05, 0) is 67.9 Å². The first kappa shape index (κ1) is 25.3. The molecule has 0 bridgehead atoms. The molecule has 2 amide bonds. The van der Waals surface area contributed by atoms with Crippen molar-refractivity contribution in [2.45, 2.75) is 13.8 Å². The molecule has 0 atom stereocenters. The van der Waals surface area contributed by atoms with Gasteiger partial charge in [-0.1, -0.05) is 24.3 Å². The number of nitrogens with zero attached hydrogens (tertiary/aromatic N) is 1. The molecule has 10 heteroatoms. The maximum Gasteiger partial charge on any atom is 0.338 e. The third-order valence-corrected chi connectivity index (χ3v) is 6.03. The molecule has 2 aromatic heterocycles. The van der Waals surface area contributed by atoms with Crippen LogP contribution in [0.5, 0.6) is 5.75 Å². The first-order valence-corrected chi connectivity index (χ1v) is 12.1. The van der Waals surface area contributed by atoms with Gasteiger partial charge in [-0.15, -0.1) is 0 Å². The van der Waals surface area contributed by atoms with Crippen LogP contribution in [0.1, 0.15) is 43.9 Å². The maximum absolute atomic E-state index is 13.2. The molecule has 3 aromatic carbocycles. The van der Waals surface area contributed by atoms with Crippen LogP contribution in [-0.4, -0.2) is 39.7 Å². The first-order chi connectivity index (χ1) is 18.9. The van der Waals surface area contributed by atoms with E-state index in [9.17, 15) is 19.5 Å². The quantitative estimate of drug-likeness (QED) is 0.205. The molecular formula is C29H24N4O6. The number of hydrogen-bond donors (Lipinski definition) is 4. The molecule has 0 aliphatic rings. The summed E-state index contributed by atoms with van der Waals surface area (Å²) < 4.78 is 10.8. The van der Waals surface area contributed by atoms with Crippen molar-refractivity contribution in [1.82, 2.24) is 10.2 Å². The molecule has 0 spiro atoms. The zero-order valence-electron chi connectivity index (χ0n) is 21.1. The number of aromatic hydroxyl groups is 1. The summed E-state index contributed by atoms with van der Waals surface area (Å²) in [6.07, 6.45) is 0. The minimum atomic E-state index is -0.597. The van der Waals surface area contributed by atoms with Crippen molar-refractivity contribution in [3.8, 4) is 17.0 Å². The summed E-state index contributed by atoms with van der Waals surface area (Å²) in [5, 5.41) is 23.2. The Balaban J connectivity index is 1.40. The van der Waals surface area contributed by atoms with Crippen molar-refractivity contribution in [3.05, 3.63) is 95.4 Å². The summed E-state index contributed by atoms with van der Waals surface area (Å²) in [7, 11) is 0. The number of aryl methyl sites for hydroxylation is 1. The largest absolute Gasteiger partial charge is 0.507 e. The van der Waals surface area contributed by atoms with E-state index in [4.69, 9.17) is 9.15 Å². The topological polar surface area (TPSA) is 147 Å². The molecule has 196 valence electrons. The number of furan rings is 1. The summed E-state index contributed by atoms with van der Waals surface area (Å²) in [4.78, 5) is 38.3. The Morgan fingerprint density at radius 3 is 2.51 bits per heavy atom. The molecule has 10 nitrogen and oxygen atoms in total. The molecule has 0 saturated heterocycles. The van der Waals surface area contributed by atoms with E-state index in [0.717, 1.165) is 0 Å². The number of hydrogen-bond acceptors (Lipinski definition) is 7. The van der Waals surface area contributed by atoms with E-state index in [2.05, 4.69) is 20.8 Å². The number of phenolic OH excluding ortho intramolecular Hbond substituents is 1. The highest BCUT2D eigenvalue weighted by atomic mass is 16.5. The number of esters is 1. The number of carbonyl (C=O) groups excluding carboxylic acids is 3. The lowest BCUT2D eigenvalue weighted by molar-refractivity contribution is 0.0526. The predicted molar refractivity (Wildman–Crippen MR) is 145 cm³/mol. The second-order valence-electron chi connectivity index (χ2n) is 8.65. The van der Waals surface area contributed by atoms with Crippen molar-refractivity contribution >= 4 is 40.1 Å². The van der Waals surface area contributed by atoms with Crippen LogP contribution < -0.4 is 10.6 Å². The van der Waals surface area contributed by atoms with Gasteiger partial charge in [-0.25, -0.2) is 4.79 Å². The molecule has 0 aliphatic heterocycles. The smallest absolute Gasteiger partial charge is 0.338 e. The van der Waals surface area contributed by atoms with Gasteiger partial charge in [0.2, 0.25) is 5.76 Å². The van der Waals surface area contributed by atoms with Crippen LogP contribution in [0.4, 0.5) is 11.4 Å². The number of rotatable bonds is 7. The zero-order chi connectivity index (χ0) is 27.5. The monoisotopic (exact) mass is 524 g/mol. The van der Waals surface area contributed by atoms with Crippen LogP contribution in [0.25, 0.3) is 22.2 Å². The summed E-state index contributed by atoms with van der Waals surface area (Å²) in [5.74, 6) is -1.64. The highest BCUT2D eigenvalue weighted by Crippen LogP contribution is 2.33.